The zero-order valence-electron chi connectivity index (χ0n) is 8.21. The predicted octanol–water partition coefficient (Wildman–Crippen LogP) is 1.59. The van der Waals surface area contributed by atoms with Crippen LogP contribution in [0.4, 0.5) is 0 Å². The minimum absolute atomic E-state index is 0. The van der Waals surface area contributed by atoms with Crippen molar-refractivity contribution in [3.05, 3.63) is 14.0 Å². The second-order valence-electron chi connectivity index (χ2n) is 2.56. The number of esters is 1. The van der Waals surface area contributed by atoms with Crippen LogP contribution in [-0.4, -0.2) is 19.2 Å². The van der Waals surface area contributed by atoms with Crippen LogP contribution in [0.2, 0.25) is 0 Å². The number of hydrogen-bond donors (Lipinski definition) is 0. The van der Waals surface area contributed by atoms with Crippen molar-refractivity contribution in [2.45, 2.75) is 19.8 Å². The predicted molar refractivity (Wildman–Crippen MR) is 46.0 cm³/mol. The Bertz CT molecular complexity index is 133. The average molecular weight is 410 g/mol. The molecule has 3 nitrogen and oxygen atoms in total. The summed E-state index contributed by atoms with van der Waals surface area (Å²) in [7, 11) is 0. The van der Waals surface area contributed by atoms with Crippen molar-refractivity contribution in [3.63, 3.8) is 0 Å². The van der Waals surface area contributed by atoms with E-state index in [2.05, 4.69) is 0 Å². The molecule has 4 heteroatoms. The summed E-state index contributed by atoms with van der Waals surface area (Å²) in [4.78, 5) is 10.9. The molecule has 1 fully saturated rings. The first kappa shape index (κ1) is 15.9. The monoisotopic (exact) mass is 410 g/mol. The van der Waals surface area contributed by atoms with Gasteiger partial charge < -0.3 is 16.9 Å². The molecule has 0 aliphatic carbocycles. The van der Waals surface area contributed by atoms with Crippen molar-refractivity contribution in [1.82, 2.24) is 0 Å². The molecule has 0 amide bonds. The Kier molecular flexibility index (Phi) is 11.1. The summed E-state index contributed by atoms with van der Waals surface area (Å²) in [5.41, 5.74) is 0. The maximum absolute atomic E-state index is 10.9. The van der Waals surface area contributed by atoms with Crippen LogP contribution in [0.15, 0.2) is 0 Å². The molecule has 0 N–H and O–H groups in total. The minimum atomic E-state index is -0.126. The molecule has 1 atom stereocenters. The summed E-state index contributed by atoms with van der Waals surface area (Å²) in [5.74, 6) is 0.147. The molecular weight excluding hydrogens is 394 g/mol. The van der Waals surface area contributed by atoms with E-state index in [-0.39, 0.29) is 50.4 Å². The van der Waals surface area contributed by atoms with Gasteiger partial charge >= 0.3 is 37.1 Å². The molecule has 1 aliphatic rings. The third kappa shape index (κ3) is 6.54. The molecule has 74 valence electrons. The quantitative estimate of drug-likeness (QED) is 0.524. The Morgan fingerprint density at radius 2 is 2.38 bits per heavy atom. The third-order valence-electron chi connectivity index (χ3n) is 1.63. The Balaban J connectivity index is 0. The summed E-state index contributed by atoms with van der Waals surface area (Å²) in [6.45, 7) is 4.75. The van der Waals surface area contributed by atoms with Crippen LogP contribution in [0, 0.1) is 51.1 Å². The van der Waals surface area contributed by atoms with Gasteiger partial charge in [0.1, 0.15) is 0 Å². The van der Waals surface area contributed by atoms with Gasteiger partial charge in [-0.15, -0.1) is 5.92 Å². The first-order chi connectivity index (χ1) is 5.33. The summed E-state index contributed by atoms with van der Waals surface area (Å²) >= 11 is 0. The summed E-state index contributed by atoms with van der Waals surface area (Å²) < 4.78 is 9.79. The molecule has 0 radical (unpaired) electrons. The van der Waals surface area contributed by atoms with Crippen LogP contribution < -0.4 is 0 Å². The number of rotatable bonds is 3. The molecule has 0 aromatic rings. The van der Waals surface area contributed by atoms with Gasteiger partial charge in [0.2, 0.25) is 0 Å². The van der Waals surface area contributed by atoms with Crippen molar-refractivity contribution < 1.29 is 45.4 Å². The molecule has 0 unspecified atom stereocenters. The topological polar surface area (TPSA) is 35.5 Å². The molecule has 1 saturated heterocycles. The van der Waals surface area contributed by atoms with Crippen LogP contribution in [-0.2, 0) is 14.3 Å². The van der Waals surface area contributed by atoms with Gasteiger partial charge in [-0.2, -0.15) is 0 Å². The van der Waals surface area contributed by atoms with Crippen LogP contribution in [0.5, 0.6) is 0 Å². The van der Waals surface area contributed by atoms with Crippen LogP contribution >= 0.6 is 0 Å². The van der Waals surface area contributed by atoms with Crippen LogP contribution in [0.1, 0.15) is 19.8 Å². The molecule has 0 saturated carbocycles. The standard InChI is InChI=1S/C8H13O3.CH3.U/c1-2-11-8(9)5-7-3-4-10-6-7;;/h6-7H,2-5H2,1H3;1H3;/q2*-1;+2/t7-;;/m1../s1. The van der Waals surface area contributed by atoms with Gasteiger partial charge in [-0.05, 0) is 6.92 Å². The number of carbonyl (C=O) groups is 1. The summed E-state index contributed by atoms with van der Waals surface area (Å²) in [6.07, 6.45) is 1.41. The fourth-order valence-corrected chi connectivity index (χ4v) is 1.08. The Morgan fingerprint density at radius 3 is 2.85 bits per heavy atom. The Hall–Kier alpha value is 0.482. The minimum Gasteiger partial charge on any atom is -0.552 e. The number of carbonyl (C=O) groups excluding carboxylic acids is 1. The van der Waals surface area contributed by atoms with Crippen molar-refractivity contribution in [3.8, 4) is 0 Å². The molecule has 0 spiro atoms. The van der Waals surface area contributed by atoms with E-state index in [0.29, 0.717) is 13.0 Å². The van der Waals surface area contributed by atoms with Gasteiger partial charge in [-0.25, -0.2) is 6.61 Å². The second kappa shape index (κ2) is 9.05. The average Bonchev–Trinajstić information content (AvgIpc) is 2.40. The maximum Gasteiger partial charge on any atom is 2.00 e. The van der Waals surface area contributed by atoms with Crippen molar-refractivity contribution in [2.24, 2.45) is 5.92 Å². The SMILES string of the molecule is CCOC(=O)C[C@@H]1[CH-]OCC1.[CH3-].[U+2]. The van der Waals surface area contributed by atoms with E-state index in [0.717, 1.165) is 13.0 Å². The summed E-state index contributed by atoms with van der Waals surface area (Å²) in [6, 6.07) is 0. The molecule has 1 aliphatic heterocycles. The molecule has 1 heterocycles. The van der Waals surface area contributed by atoms with Gasteiger partial charge in [0.15, 0.2) is 0 Å². The van der Waals surface area contributed by atoms with Gasteiger partial charge in [-0.1, -0.05) is 6.42 Å². The third-order valence-corrected chi connectivity index (χ3v) is 1.63. The molecule has 0 bridgehead atoms. The number of hydrogen-bond acceptors (Lipinski definition) is 3. The first-order valence-electron chi connectivity index (χ1n) is 3.93. The molecular formula is C9H16O3U. The van der Waals surface area contributed by atoms with E-state index in [4.69, 9.17) is 9.47 Å². The van der Waals surface area contributed by atoms with Gasteiger partial charge in [-0.3, -0.25) is 4.79 Å². The van der Waals surface area contributed by atoms with E-state index >= 15 is 0 Å². The zero-order chi connectivity index (χ0) is 8.10. The molecule has 13 heavy (non-hydrogen) atoms. The molecule has 1 rings (SSSR count). The summed E-state index contributed by atoms with van der Waals surface area (Å²) in [5, 5.41) is 0. The van der Waals surface area contributed by atoms with Gasteiger partial charge in [0.25, 0.3) is 0 Å². The largest absolute Gasteiger partial charge is 2.00 e. The Labute approximate surface area is 104 Å². The smallest absolute Gasteiger partial charge is 0.552 e. The fourth-order valence-electron chi connectivity index (χ4n) is 1.08. The van der Waals surface area contributed by atoms with E-state index in [1.807, 2.05) is 6.92 Å². The first-order valence-corrected chi connectivity index (χ1v) is 3.93. The Morgan fingerprint density at radius 1 is 1.69 bits per heavy atom. The van der Waals surface area contributed by atoms with Crippen molar-refractivity contribution >= 4 is 5.97 Å². The zero-order valence-corrected chi connectivity index (χ0v) is 12.4. The van der Waals surface area contributed by atoms with E-state index in [1.165, 1.54) is 0 Å². The molecule has 0 aromatic heterocycles. The van der Waals surface area contributed by atoms with Gasteiger partial charge in [0, 0.05) is 13.0 Å². The van der Waals surface area contributed by atoms with Crippen molar-refractivity contribution in [1.29, 1.82) is 0 Å². The number of ether oxygens (including phenoxy) is 2. The van der Waals surface area contributed by atoms with Gasteiger partial charge in [0.05, 0.1) is 6.61 Å². The van der Waals surface area contributed by atoms with Crippen molar-refractivity contribution in [2.75, 3.05) is 13.2 Å². The second-order valence-corrected chi connectivity index (χ2v) is 2.56. The molecule has 0 aromatic carbocycles. The van der Waals surface area contributed by atoms with Crippen LogP contribution in [0.25, 0.3) is 0 Å². The van der Waals surface area contributed by atoms with E-state index < -0.39 is 0 Å². The van der Waals surface area contributed by atoms with E-state index in [1.54, 1.807) is 6.61 Å². The maximum atomic E-state index is 10.9. The van der Waals surface area contributed by atoms with Crippen LogP contribution in [0.3, 0.4) is 0 Å². The normalized spacial score (nSPS) is 19.9. The van der Waals surface area contributed by atoms with E-state index in [9.17, 15) is 4.79 Å². The fraction of sp³-hybridized carbons (Fsp3) is 0.667.